The van der Waals surface area contributed by atoms with Crippen molar-refractivity contribution >= 4 is 68.6 Å². The topological polar surface area (TPSA) is 9.72 Å². The molecule has 3 unspecified atom stereocenters. The van der Waals surface area contributed by atoms with E-state index < -0.39 is 0 Å². The van der Waals surface area contributed by atoms with Gasteiger partial charge in [0.15, 0.2) is 0 Å². The van der Waals surface area contributed by atoms with Crippen molar-refractivity contribution in [2.24, 2.45) is 11.3 Å². The fraction of sp³-hybridized carbons (Fsp3) is 0.429. The van der Waals surface area contributed by atoms with Gasteiger partial charge in [0.1, 0.15) is 0 Å². The summed E-state index contributed by atoms with van der Waals surface area (Å²) in [5, 5.41) is 0. The Labute approximate surface area is 531 Å². The average molecular weight is 1160 g/mol. The highest BCUT2D eigenvalue weighted by molar-refractivity contribution is 7.00. The van der Waals surface area contributed by atoms with Crippen LogP contribution < -0.4 is 31.1 Å². The smallest absolute Gasteiger partial charge is 0.252 e. The highest BCUT2D eigenvalue weighted by Gasteiger charge is 2.61. The van der Waals surface area contributed by atoms with Crippen LogP contribution in [0.15, 0.2) is 158 Å². The second kappa shape index (κ2) is 19.9. The lowest BCUT2D eigenvalue weighted by Crippen LogP contribution is -2.62. The molecule has 3 atom stereocenters. The summed E-state index contributed by atoms with van der Waals surface area (Å²) in [4.78, 5) is 8.35. The first-order valence-electron chi connectivity index (χ1n) is 33.5. The highest BCUT2D eigenvalue weighted by Crippen LogP contribution is 2.64. The Bertz CT molecular complexity index is 4090. The van der Waals surface area contributed by atoms with Gasteiger partial charge in [0.25, 0.3) is 6.71 Å². The third-order valence-electron chi connectivity index (χ3n) is 22.8. The van der Waals surface area contributed by atoms with Crippen LogP contribution >= 0.6 is 0 Å². The van der Waals surface area contributed by atoms with Gasteiger partial charge in [-0.25, -0.2) is 0 Å². The number of benzene rings is 8. The van der Waals surface area contributed by atoms with Crippen molar-refractivity contribution in [3.05, 3.63) is 197 Å². The lowest BCUT2D eigenvalue weighted by atomic mass is 9.33. The van der Waals surface area contributed by atoms with Gasteiger partial charge in [0, 0.05) is 50.7 Å². The first-order valence-corrected chi connectivity index (χ1v) is 33.5. The van der Waals surface area contributed by atoms with Crippen LogP contribution in [0.25, 0.3) is 22.3 Å². The molecule has 0 spiro atoms. The molecule has 1 saturated carbocycles. The van der Waals surface area contributed by atoms with Gasteiger partial charge in [-0.1, -0.05) is 236 Å². The minimum Gasteiger partial charge on any atom is -0.334 e. The van der Waals surface area contributed by atoms with Crippen LogP contribution in [0.3, 0.4) is 0 Å². The van der Waals surface area contributed by atoms with Gasteiger partial charge in [-0.15, -0.1) is 0 Å². The number of anilines is 8. The molecule has 0 aromatic heterocycles. The van der Waals surface area contributed by atoms with Crippen molar-refractivity contribution < 1.29 is 0 Å². The Balaban J connectivity index is 1.17. The van der Waals surface area contributed by atoms with E-state index in [0.29, 0.717) is 5.92 Å². The van der Waals surface area contributed by atoms with Gasteiger partial charge >= 0.3 is 0 Å². The van der Waals surface area contributed by atoms with E-state index in [2.05, 4.69) is 318 Å². The van der Waals surface area contributed by atoms with E-state index in [1.54, 1.807) is 0 Å². The molecule has 88 heavy (non-hydrogen) atoms. The molecule has 0 N–H and O–H groups in total. The van der Waals surface area contributed by atoms with Crippen LogP contribution in [0.2, 0.25) is 0 Å². The summed E-state index contributed by atoms with van der Waals surface area (Å²) in [5.41, 5.74) is 28.7. The van der Waals surface area contributed by atoms with E-state index in [9.17, 15) is 0 Å². The van der Waals surface area contributed by atoms with Gasteiger partial charge < -0.3 is 14.7 Å². The van der Waals surface area contributed by atoms with E-state index in [0.717, 1.165) is 25.7 Å². The van der Waals surface area contributed by atoms with Crippen molar-refractivity contribution in [3.8, 4) is 22.3 Å². The molecular formula is C84H100BN3. The van der Waals surface area contributed by atoms with E-state index in [1.807, 2.05) is 0 Å². The summed E-state index contributed by atoms with van der Waals surface area (Å²) >= 11 is 0. The molecule has 13 rings (SSSR count). The van der Waals surface area contributed by atoms with Crippen molar-refractivity contribution in [2.45, 2.75) is 221 Å². The molecule has 4 heteroatoms. The summed E-state index contributed by atoms with van der Waals surface area (Å²) in [6.07, 6.45) is 5.76. The van der Waals surface area contributed by atoms with Crippen LogP contribution in [-0.4, -0.2) is 12.3 Å². The van der Waals surface area contributed by atoms with E-state index in [4.69, 9.17) is 0 Å². The number of hydrogen-bond acceptors (Lipinski definition) is 3. The zero-order chi connectivity index (χ0) is 63.0. The van der Waals surface area contributed by atoms with Crippen molar-refractivity contribution in [1.29, 1.82) is 0 Å². The molecule has 454 valence electrons. The number of hydrogen-bond donors (Lipinski definition) is 0. The van der Waals surface area contributed by atoms with E-state index in [-0.39, 0.29) is 55.6 Å². The van der Waals surface area contributed by atoms with Crippen LogP contribution in [0.5, 0.6) is 0 Å². The Kier molecular flexibility index (Phi) is 13.6. The lowest BCUT2D eigenvalue weighted by molar-refractivity contribution is 0.0786. The second-order valence-corrected chi connectivity index (χ2v) is 34.7. The van der Waals surface area contributed by atoms with Crippen LogP contribution in [0, 0.1) is 11.3 Å². The Morgan fingerprint density at radius 1 is 0.386 bits per heavy atom. The summed E-state index contributed by atoms with van der Waals surface area (Å²) in [6.45, 7) is 51.3. The first kappa shape index (κ1) is 60.2. The quantitative estimate of drug-likeness (QED) is 0.159. The molecule has 0 bridgehead atoms. The highest BCUT2D eigenvalue weighted by atomic mass is 15.3. The number of fused-ring (bicyclic) bond motifs is 8. The molecule has 3 nitrogen and oxygen atoms in total. The average Bonchev–Trinajstić information content (AvgIpc) is 1.19. The van der Waals surface area contributed by atoms with Gasteiger partial charge in [-0.2, -0.15) is 0 Å². The van der Waals surface area contributed by atoms with Gasteiger partial charge in [-0.3, -0.25) is 0 Å². The fourth-order valence-corrected chi connectivity index (χ4v) is 16.6. The van der Waals surface area contributed by atoms with E-state index in [1.165, 1.54) is 130 Å². The molecule has 3 heterocycles. The maximum atomic E-state index is 2.85. The van der Waals surface area contributed by atoms with Gasteiger partial charge in [0.2, 0.25) is 0 Å². The summed E-state index contributed by atoms with van der Waals surface area (Å²) < 4.78 is 0. The number of nitrogens with zero attached hydrogens (tertiary/aromatic N) is 3. The Morgan fingerprint density at radius 2 is 0.841 bits per heavy atom. The summed E-state index contributed by atoms with van der Waals surface area (Å²) in [7, 11) is 0. The van der Waals surface area contributed by atoms with Crippen molar-refractivity contribution in [1.82, 2.24) is 0 Å². The molecule has 1 fully saturated rings. The first-order chi connectivity index (χ1) is 41.0. The van der Waals surface area contributed by atoms with E-state index >= 15 is 0 Å². The zero-order valence-corrected chi connectivity index (χ0v) is 57.5. The molecule has 0 saturated heterocycles. The Hall–Kier alpha value is -6.78. The third-order valence-corrected chi connectivity index (χ3v) is 22.8. The molecule has 0 radical (unpaired) electrons. The van der Waals surface area contributed by atoms with Gasteiger partial charge in [0.05, 0.1) is 16.9 Å². The summed E-state index contributed by atoms with van der Waals surface area (Å²) in [6, 6.07) is 63.4. The minimum atomic E-state index is -0.199. The second-order valence-electron chi connectivity index (χ2n) is 34.7. The van der Waals surface area contributed by atoms with Gasteiger partial charge in [-0.05, 0) is 210 Å². The summed E-state index contributed by atoms with van der Waals surface area (Å²) in [5.74, 6) is 0.610. The molecule has 0 amide bonds. The normalized spacial score (nSPS) is 21.1. The molecule has 5 aliphatic rings. The minimum absolute atomic E-state index is 0.00959. The standard InChI is InChI=1S/C84H100BN3/c1-76(2,3)55-32-37-68(61(44-55)53-28-24-22-25-29-53)86-71-49-60(88-70-39-34-57(78(7,8)9)46-65(70)83(20)52-58(79(10,11)12)40-41-84(83,88)21)35-36-66(71)85-67-50-63-64(82(18,19)43-42-81(63,16)17)51-72(67)87(74-48-59(80(13,14)15)47-73(86)75(74)85)69-38-33-56(77(4,5)6)45-62(69)54-30-26-23-27-31-54/h22-39,44-51,58H,40-43,52H2,1-21H3. The molecule has 2 aliphatic carbocycles. The Morgan fingerprint density at radius 3 is 1.32 bits per heavy atom. The molecule has 8 aromatic carbocycles. The molecule has 8 aromatic rings. The lowest BCUT2D eigenvalue weighted by Gasteiger charge is -2.54. The number of rotatable bonds is 5. The van der Waals surface area contributed by atoms with Crippen LogP contribution in [0.4, 0.5) is 45.5 Å². The van der Waals surface area contributed by atoms with Crippen molar-refractivity contribution in [3.63, 3.8) is 0 Å². The maximum Gasteiger partial charge on any atom is 0.252 e. The fourth-order valence-electron chi connectivity index (χ4n) is 16.6. The van der Waals surface area contributed by atoms with Crippen LogP contribution in [-0.2, 0) is 37.9 Å². The van der Waals surface area contributed by atoms with Crippen molar-refractivity contribution in [2.75, 3.05) is 14.7 Å². The maximum absolute atomic E-state index is 2.85. The molecule has 3 aliphatic heterocycles. The molecular weight excluding hydrogens is 1060 g/mol. The van der Waals surface area contributed by atoms with Crippen LogP contribution in [0.1, 0.15) is 216 Å². The SMILES string of the molecule is CC(C)(C)c1ccc(N2c3cc(N4c5ccc(C(C)(C)C)cc5C5(C)CC(C(C)(C)C)CCC45C)ccc3B3c4cc5c(cc4N(c4ccc(C(C)(C)C)cc4-c4ccccc4)c4cc(C(C)(C)C)cc2c43)C(C)(C)CCC5(C)C)c(-c2ccccc2)c1. The third kappa shape index (κ3) is 9.47. The zero-order valence-electron chi connectivity index (χ0n) is 57.5. The predicted octanol–water partition coefficient (Wildman–Crippen LogP) is 21.7. The monoisotopic (exact) mass is 1160 g/mol. The predicted molar refractivity (Wildman–Crippen MR) is 383 cm³/mol. The largest absolute Gasteiger partial charge is 0.334 e.